The molecule has 0 aliphatic heterocycles. The first-order chi connectivity index (χ1) is 12.4. The summed E-state index contributed by atoms with van der Waals surface area (Å²) in [6.45, 7) is -1.18. The van der Waals surface area contributed by atoms with Gasteiger partial charge in [0.2, 0.25) is 5.88 Å². The molecule has 26 heavy (non-hydrogen) atoms. The van der Waals surface area contributed by atoms with Crippen molar-refractivity contribution in [2.24, 2.45) is 5.41 Å². The normalized spacial score (nSPS) is 12.8. The van der Waals surface area contributed by atoms with Gasteiger partial charge in [0.15, 0.2) is 0 Å². The third kappa shape index (κ3) is 4.54. The molecule has 2 heterocycles. The summed E-state index contributed by atoms with van der Waals surface area (Å²) in [5, 5.41) is 51.8. The van der Waals surface area contributed by atoms with E-state index in [1.807, 2.05) is 0 Å². The number of aliphatic hydroxyl groups excluding tert-OH is 2. The van der Waals surface area contributed by atoms with Crippen LogP contribution in [-0.2, 0) is 15.6 Å². The summed E-state index contributed by atoms with van der Waals surface area (Å²) in [7, 11) is -4.11. The Morgan fingerprint density at radius 2 is 1.92 bits per heavy atom. The molecular weight excluding hydrogens is 371 g/mol. The van der Waals surface area contributed by atoms with Crippen molar-refractivity contribution in [2.75, 3.05) is 26.4 Å². The minimum Gasteiger partial charge on any atom is -0.492 e. The van der Waals surface area contributed by atoms with Crippen LogP contribution < -0.4 is 15.8 Å². The zero-order valence-corrected chi connectivity index (χ0v) is 14.5. The Morgan fingerprint density at radius 1 is 1.23 bits per heavy atom. The van der Waals surface area contributed by atoms with E-state index in [-0.39, 0.29) is 19.0 Å². The van der Waals surface area contributed by atoms with E-state index in [4.69, 9.17) is 14.9 Å². The molecule has 2 aromatic rings. The van der Waals surface area contributed by atoms with Crippen LogP contribution >= 0.6 is 7.67 Å². The van der Waals surface area contributed by atoms with Gasteiger partial charge in [-0.2, -0.15) is 0 Å². The van der Waals surface area contributed by atoms with Crippen LogP contribution in [0.25, 0.3) is 11.0 Å². The second kappa shape index (κ2) is 8.81. The molecule has 13 nitrogen and oxygen atoms in total. The maximum Gasteiger partial charge on any atom is 0.386 e. The molecule has 0 radical (unpaired) electrons. The molecule has 0 saturated carbocycles. The van der Waals surface area contributed by atoms with Crippen molar-refractivity contribution in [3.8, 4) is 5.88 Å². The summed E-state index contributed by atoms with van der Waals surface area (Å²) < 4.78 is 16.6. The maximum absolute atomic E-state index is 11.7. The average molecular weight is 392 g/mol. The number of hydrogen-bond acceptors (Lipinski definition) is 10. The maximum atomic E-state index is 11.7. The van der Waals surface area contributed by atoms with Gasteiger partial charge >= 0.3 is 7.67 Å². The van der Waals surface area contributed by atoms with E-state index < -0.39 is 32.9 Å². The number of rotatable bonds is 11. The van der Waals surface area contributed by atoms with E-state index in [0.29, 0.717) is 16.6 Å². The van der Waals surface area contributed by atoms with Crippen LogP contribution in [0.1, 0.15) is 5.56 Å². The second-order valence-corrected chi connectivity index (χ2v) is 7.44. The molecule has 0 aromatic carbocycles. The SMILES string of the molecule is O=P(NO)(NO)OCC(CO)(CO)CNCc1c[nH]c2c(O)ncnc12. The van der Waals surface area contributed by atoms with E-state index in [1.165, 1.54) is 16.8 Å². The fraction of sp³-hybridized carbons (Fsp3) is 0.500. The highest BCUT2D eigenvalue weighted by molar-refractivity contribution is 7.54. The summed E-state index contributed by atoms with van der Waals surface area (Å²) in [6, 6.07) is 0. The lowest BCUT2D eigenvalue weighted by molar-refractivity contribution is 0.00821. The van der Waals surface area contributed by atoms with Gasteiger partial charge in [-0.3, -0.25) is 4.57 Å². The number of fused-ring (bicyclic) bond motifs is 1. The number of aromatic amines is 1. The molecule has 0 bridgehead atoms. The zero-order chi connectivity index (χ0) is 19.2. The van der Waals surface area contributed by atoms with Crippen LogP contribution in [0.3, 0.4) is 0 Å². The molecule has 0 aliphatic rings. The minimum atomic E-state index is -4.11. The number of aromatic hydroxyl groups is 1. The Bertz CT molecular complexity index is 760. The largest absolute Gasteiger partial charge is 0.492 e. The van der Waals surface area contributed by atoms with Gasteiger partial charge in [0.05, 0.1) is 30.8 Å². The highest BCUT2D eigenvalue weighted by Gasteiger charge is 2.33. The van der Waals surface area contributed by atoms with Crippen LogP contribution in [0, 0.1) is 5.41 Å². The fourth-order valence-electron chi connectivity index (χ4n) is 2.19. The minimum absolute atomic E-state index is 0.0423. The van der Waals surface area contributed by atoms with E-state index in [1.54, 1.807) is 6.20 Å². The molecule has 0 atom stereocenters. The zero-order valence-electron chi connectivity index (χ0n) is 13.6. The van der Waals surface area contributed by atoms with Crippen LogP contribution in [-0.4, -0.2) is 67.1 Å². The van der Waals surface area contributed by atoms with Gasteiger partial charge < -0.3 is 40.6 Å². The third-order valence-electron chi connectivity index (χ3n) is 3.82. The third-order valence-corrected chi connectivity index (χ3v) is 4.84. The first kappa shape index (κ1) is 20.6. The first-order valence-corrected chi connectivity index (χ1v) is 9.04. The van der Waals surface area contributed by atoms with Gasteiger partial charge in [0.25, 0.3) is 0 Å². The number of H-pyrrole nitrogens is 1. The lowest BCUT2D eigenvalue weighted by Gasteiger charge is -2.30. The smallest absolute Gasteiger partial charge is 0.386 e. The number of aliphatic hydroxyl groups is 2. The molecule has 0 spiro atoms. The Labute approximate surface area is 147 Å². The topological polar surface area (TPSA) is 205 Å². The van der Waals surface area contributed by atoms with Gasteiger partial charge in [-0.25, -0.2) is 9.97 Å². The highest BCUT2D eigenvalue weighted by atomic mass is 31.2. The van der Waals surface area contributed by atoms with Crippen LogP contribution in [0.4, 0.5) is 0 Å². The fourth-order valence-corrected chi connectivity index (χ4v) is 2.81. The van der Waals surface area contributed by atoms with Crippen LogP contribution in [0.5, 0.6) is 5.88 Å². The van der Waals surface area contributed by atoms with E-state index in [9.17, 15) is 19.9 Å². The quantitative estimate of drug-likeness (QED) is 0.163. The summed E-state index contributed by atoms with van der Waals surface area (Å²) in [4.78, 5) is 10.6. The first-order valence-electron chi connectivity index (χ1n) is 7.42. The van der Waals surface area contributed by atoms with Gasteiger partial charge in [0.1, 0.15) is 11.8 Å². The summed E-state index contributed by atoms with van der Waals surface area (Å²) in [5.74, 6) is -0.182. The lowest BCUT2D eigenvalue weighted by Crippen LogP contribution is -2.44. The molecule has 0 amide bonds. The summed E-state index contributed by atoms with van der Waals surface area (Å²) in [5.41, 5.74) is 0.362. The summed E-state index contributed by atoms with van der Waals surface area (Å²) >= 11 is 0. The average Bonchev–Trinajstić information content (AvgIpc) is 3.09. The van der Waals surface area contributed by atoms with Gasteiger partial charge in [-0.1, -0.05) is 0 Å². The Balaban J connectivity index is 2.01. The van der Waals surface area contributed by atoms with Crippen molar-refractivity contribution in [3.05, 3.63) is 18.1 Å². The molecule has 9 N–H and O–H groups in total. The van der Waals surface area contributed by atoms with E-state index in [0.717, 1.165) is 0 Å². The van der Waals surface area contributed by atoms with Gasteiger partial charge in [-0.15, -0.1) is 10.5 Å². The van der Waals surface area contributed by atoms with Crippen molar-refractivity contribution in [1.82, 2.24) is 30.8 Å². The van der Waals surface area contributed by atoms with Gasteiger partial charge in [-0.05, 0) is 0 Å². The molecule has 0 unspecified atom stereocenters. The standard InChI is InChI=1S/C12H21N6O7P/c19-4-12(5-20,6-25-26(24,17-22)18-23)3-13-1-8-2-14-10-9(8)15-7-16-11(10)21/h2,7,13-14,19-20,22-23H,1,3-6H2,(H,15,16,21)(H2,17,18,24). The van der Waals surface area contributed by atoms with Crippen molar-refractivity contribution in [1.29, 1.82) is 0 Å². The number of nitrogens with one attached hydrogen (secondary N) is 4. The van der Waals surface area contributed by atoms with Crippen LogP contribution in [0.15, 0.2) is 12.5 Å². The molecule has 14 heteroatoms. The van der Waals surface area contributed by atoms with Gasteiger partial charge in [0, 0.05) is 24.8 Å². The molecule has 0 saturated heterocycles. The Morgan fingerprint density at radius 3 is 2.54 bits per heavy atom. The monoisotopic (exact) mass is 392 g/mol. The Hall–Kier alpha value is -1.67. The van der Waals surface area contributed by atoms with Crippen molar-refractivity contribution in [3.63, 3.8) is 0 Å². The lowest BCUT2D eigenvalue weighted by atomic mass is 9.91. The molecule has 2 rings (SSSR count). The molecule has 2 aromatic heterocycles. The number of hydrogen-bond donors (Lipinski definition) is 9. The summed E-state index contributed by atoms with van der Waals surface area (Å²) in [6.07, 6.45) is 2.84. The van der Waals surface area contributed by atoms with Crippen molar-refractivity contribution >= 4 is 18.7 Å². The van der Waals surface area contributed by atoms with Crippen LogP contribution in [0.2, 0.25) is 0 Å². The molecular formula is C12H21N6O7P. The Kier molecular flexibility index (Phi) is 7.00. The van der Waals surface area contributed by atoms with E-state index in [2.05, 4.69) is 20.3 Å². The van der Waals surface area contributed by atoms with Crippen molar-refractivity contribution in [2.45, 2.75) is 6.54 Å². The van der Waals surface area contributed by atoms with E-state index >= 15 is 0 Å². The van der Waals surface area contributed by atoms with Crippen molar-refractivity contribution < 1.29 is 34.8 Å². The predicted octanol–water partition coefficient (Wildman–Crippen LogP) is -1.19. The molecule has 0 aliphatic carbocycles. The molecule has 146 valence electrons. The molecule has 0 fully saturated rings. The number of nitrogens with zero attached hydrogens (tertiary/aromatic N) is 2. The highest BCUT2D eigenvalue weighted by Crippen LogP contribution is 2.37. The number of aromatic nitrogens is 3. The predicted molar refractivity (Wildman–Crippen MR) is 87.3 cm³/mol. The second-order valence-electron chi connectivity index (χ2n) is 5.68.